The van der Waals surface area contributed by atoms with Gasteiger partial charge in [-0.1, -0.05) is 39.0 Å². The minimum atomic E-state index is -0.874. The summed E-state index contributed by atoms with van der Waals surface area (Å²) in [5, 5.41) is 26.4. The predicted octanol–water partition coefficient (Wildman–Crippen LogP) is 4.32. The van der Waals surface area contributed by atoms with Crippen molar-refractivity contribution in [1.29, 1.82) is 0 Å². The van der Waals surface area contributed by atoms with Crippen LogP contribution in [0.25, 0.3) is 11.1 Å². The highest BCUT2D eigenvalue weighted by Gasteiger charge is 2.61. The van der Waals surface area contributed by atoms with Crippen molar-refractivity contribution in [1.82, 2.24) is 15.3 Å². The quantitative estimate of drug-likeness (QED) is 0.253. The van der Waals surface area contributed by atoms with Gasteiger partial charge in [0.25, 0.3) is 0 Å². The first-order valence-electron chi connectivity index (χ1n) is 19.9. The van der Waals surface area contributed by atoms with Crippen molar-refractivity contribution in [3.8, 4) is 16.9 Å². The fourth-order valence-electron chi connectivity index (χ4n) is 10.7. The molecule has 0 radical (unpaired) electrons. The van der Waals surface area contributed by atoms with Crippen LogP contribution in [0.1, 0.15) is 70.6 Å². The molecule has 296 valence electrons. The monoisotopic (exact) mass is 748 g/mol. The maximum atomic E-state index is 14.3. The van der Waals surface area contributed by atoms with Crippen LogP contribution in [0.15, 0.2) is 36.4 Å². The second-order valence-corrected chi connectivity index (χ2v) is 17.6. The third kappa shape index (κ3) is 6.44. The molecule has 4 heterocycles. The van der Waals surface area contributed by atoms with Crippen molar-refractivity contribution in [2.24, 2.45) is 29.1 Å². The number of epoxide rings is 2. The first kappa shape index (κ1) is 38.1. The fraction of sp³-hybridized carbons (Fsp3) is 0.690. The Bertz CT molecular complexity index is 1710. The molecule has 2 aromatic rings. The lowest BCUT2D eigenvalue weighted by Gasteiger charge is -2.62. The van der Waals surface area contributed by atoms with E-state index >= 15 is 0 Å². The van der Waals surface area contributed by atoms with Crippen molar-refractivity contribution >= 4 is 11.6 Å². The molecule has 4 aliphatic heterocycles. The number of carbonyl (C=O) groups is 1. The van der Waals surface area contributed by atoms with Crippen LogP contribution in [-0.2, 0) is 30.4 Å². The van der Waals surface area contributed by atoms with Crippen LogP contribution in [0.5, 0.6) is 5.75 Å². The van der Waals surface area contributed by atoms with E-state index in [2.05, 4.69) is 60.2 Å². The Morgan fingerprint density at radius 2 is 1.94 bits per heavy atom. The van der Waals surface area contributed by atoms with E-state index in [0.29, 0.717) is 35.5 Å². The molecule has 4 saturated heterocycles. The van der Waals surface area contributed by atoms with Gasteiger partial charge in [0, 0.05) is 56.5 Å². The number of benzene rings is 2. The van der Waals surface area contributed by atoms with Crippen LogP contribution in [0, 0.1) is 29.1 Å². The zero-order valence-corrected chi connectivity index (χ0v) is 33.2. The van der Waals surface area contributed by atoms with E-state index in [1.54, 1.807) is 26.2 Å². The van der Waals surface area contributed by atoms with E-state index in [4.69, 9.17) is 23.8 Å². The number of anilines is 1. The van der Waals surface area contributed by atoms with E-state index < -0.39 is 30.0 Å². The van der Waals surface area contributed by atoms with E-state index in [9.17, 15) is 15.0 Å². The zero-order valence-electron chi connectivity index (χ0n) is 33.2. The number of ether oxygens (including phenoxy) is 4. The normalized spacial score (nSPS) is 37.4. The van der Waals surface area contributed by atoms with E-state index in [1.165, 1.54) is 6.42 Å². The summed E-state index contributed by atoms with van der Waals surface area (Å²) in [5.74, 6) is 0.885. The second kappa shape index (κ2) is 14.3. The molecule has 54 heavy (non-hydrogen) atoms. The Morgan fingerprint density at radius 1 is 1.17 bits per heavy atom. The van der Waals surface area contributed by atoms with Crippen LogP contribution in [0.4, 0.5) is 5.69 Å². The van der Waals surface area contributed by atoms with Crippen LogP contribution in [0.3, 0.4) is 0 Å². The molecule has 9 rings (SSSR count). The highest BCUT2D eigenvalue weighted by Crippen LogP contribution is 2.61. The Kier molecular flexibility index (Phi) is 10.1. The molecule has 2 aromatic carbocycles. The molecule has 7 fully saturated rings. The summed E-state index contributed by atoms with van der Waals surface area (Å²) in [7, 11) is 7.47. The first-order valence-corrected chi connectivity index (χ1v) is 19.9. The molecule has 0 aromatic heterocycles. The van der Waals surface area contributed by atoms with Gasteiger partial charge in [0.2, 0.25) is 11.7 Å². The minimum Gasteiger partial charge on any atom is -0.496 e. The molecule has 7 aliphatic rings. The van der Waals surface area contributed by atoms with Crippen molar-refractivity contribution in [3.05, 3.63) is 47.5 Å². The van der Waals surface area contributed by atoms with Gasteiger partial charge in [-0.3, -0.25) is 14.5 Å². The number of aliphatic hydroxyl groups excluding tert-OH is 2. The number of aliphatic hydroxyl groups is 2. The van der Waals surface area contributed by atoms with E-state index in [-0.39, 0.29) is 43.5 Å². The SMILES string of the molecule is COc1c(CN2O[C@@H](CO)[C@@H]([C@H](C)O)[C@H]2C(=O)N[C@H]2C[C@H]3C[C@@H]([C@@H]2C)C3(C)C)cccc1-c1cc(C2OC2N2CCC[C@H]2C2(OC)CO2)cc(N(C)C)c1. The molecule has 0 spiro atoms. The fourth-order valence-corrected chi connectivity index (χ4v) is 10.7. The Labute approximate surface area is 320 Å². The number of hydroxylamine groups is 2. The number of methoxy groups -OCH3 is 2. The number of nitrogens with zero attached hydrogens (tertiary/aromatic N) is 3. The lowest BCUT2D eigenvalue weighted by molar-refractivity contribution is -0.183. The van der Waals surface area contributed by atoms with Crippen LogP contribution in [0.2, 0.25) is 0 Å². The number of hydrogen-bond donors (Lipinski definition) is 3. The lowest BCUT2D eigenvalue weighted by atomic mass is 9.45. The molecule has 12 nitrogen and oxygen atoms in total. The number of likely N-dealkylation sites (tertiary alicyclic amines) is 1. The van der Waals surface area contributed by atoms with Gasteiger partial charge in [-0.25, -0.2) is 0 Å². The number of rotatable bonds is 13. The largest absolute Gasteiger partial charge is 0.496 e. The number of hydrogen-bond acceptors (Lipinski definition) is 11. The summed E-state index contributed by atoms with van der Waals surface area (Å²) in [5.41, 5.74) is 5.15. The van der Waals surface area contributed by atoms with E-state index in [0.717, 1.165) is 53.7 Å². The topological polar surface area (TPSA) is 132 Å². The Morgan fingerprint density at radius 3 is 2.57 bits per heavy atom. The van der Waals surface area contributed by atoms with E-state index in [1.807, 2.05) is 26.2 Å². The molecule has 3 saturated carbocycles. The summed E-state index contributed by atoms with van der Waals surface area (Å²) in [6, 6.07) is 12.0. The maximum absolute atomic E-state index is 14.3. The molecule has 1 amide bonds. The number of para-hydroxylation sites is 1. The lowest BCUT2D eigenvalue weighted by Crippen LogP contribution is -2.62. The molecule has 12 heteroatoms. The smallest absolute Gasteiger partial charge is 0.240 e. The highest BCUT2D eigenvalue weighted by atomic mass is 16.8. The highest BCUT2D eigenvalue weighted by molar-refractivity contribution is 5.83. The van der Waals surface area contributed by atoms with Crippen molar-refractivity contribution in [2.75, 3.05) is 53.0 Å². The third-order valence-electron chi connectivity index (χ3n) is 14.2. The van der Waals surface area contributed by atoms with Crippen LogP contribution >= 0.6 is 0 Å². The van der Waals surface area contributed by atoms with Crippen molar-refractivity contribution < 1.29 is 38.8 Å². The molecule has 2 bridgehead atoms. The number of amides is 1. The van der Waals surface area contributed by atoms with Crippen LogP contribution in [-0.4, -0.2) is 117 Å². The van der Waals surface area contributed by atoms with Gasteiger partial charge >= 0.3 is 0 Å². The van der Waals surface area contributed by atoms with Gasteiger partial charge in [-0.15, -0.1) is 0 Å². The summed E-state index contributed by atoms with van der Waals surface area (Å²) in [6.45, 7) is 10.1. The molecule has 3 aliphatic carbocycles. The van der Waals surface area contributed by atoms with Gasteiger partial charge in [0.05, 0.1) is 32.4 Å². The Hall–Kier alpha value is -2.81. The molecular formula is C42H60N4O8. The Balaban J connectivity index is 1.06. The third-order valence-corrected chi connectivity index (χ3v) is 14.2. The summed E-state index contributed by atoms with van der Waals surface area (Å²) < 4.78 is 24.2. The second-order valence-electron chi connectivity index (χ2n) is 17.6. The molecule has 3 unspecified atom stereocenters. The van der Waals surface area contributed by atoms with Crippen molar-refractivity contribution in [2.45, 2.75) is 108 Å². The minimum absolute atomic E-state index is 0.0437. The van der Waals surface area contributed by atoms with Crippen LogP contribution < -0.4 is 15.0 Å². The first-order chi connectivity index (χ1) is 25.8. The van der Waals surface area contributed by atoms with Gasteiger partial charge in [0.15, 0.2) is 0 Å². The maximum Gasteiger partial charge on any atom is 0.240 e. The predicted molar refractivity (Wildman–Crippen MR) is 203 cm³/mol. The average molecular weight is 749 g/mol. The van der Waals surface area contributed by atoms with Gasteiger partial charge in [-0.05, 0) is 85.1 Å². The molecule has 12 atom stereocenters. The van der Waals surface area contributed by atoms with Gasteiger partial charge in [-0.2, -0.15) is 5.06 Å². The molecular weight excluding hydrogens is 688 g/mol. The van der Waals surface area contributed by atoms with Gasteiger partial charge in [0.1, 0.15) is 36.8 Å². The summed E-state index contributed by atoms with van der Waals surface area (Å²) in [6.07, 6.45) is 2.54. The summed E-state index contributed by atoms with van der Waals surface area (Å²) in [4.78, 5) is 25.1. The standard InChI is InChI=1S/C42H60N4O8/c1-23-31-18-28(41(31,3)4)19-32(23)43-39(49)36-35(24(2)48)33(21-47)54-46(36)20-25-11-9-12-30(37(25)50-7)26-15-27(17-29(16-26)44(5)6)38-40(53-38)45-14-10-13-34(45)42(51-8)22-52-42/h9,11-12,15-17,23-24,28,31-36,38,40,47-48H,10,13-14,18-22H2,1-8H3,(H,43,49)/t23-,24-,28+,31-,32-,33-,34-,35+,36-,38?,40?,42?/m0/s1. The summed E-state index contributed by atoms with van der Waals surface area (Å²) >= 11 is 0. The number of carbonyl (C=O) groups excluding carboxylic acids is 1. The number of nitrogens with one attached hydrogen (secondary N) is 1. The zero-order chi connectivity index (χ0) is 38.3. The average Bonchev–Trinajstić information content (AvgIpc) is 4.05. The molecule has 3 N–H and O–H groups in total. The number of fused-ring (bicyclic) bond motifs is 2. The van der Waals surface area contributed by atoms with Gasteiger partial charge < -0.3 is 39.4 Å². The van der Waals surface area contributed by atoms with Crippen molar-refractivity contribution in [3.63, 3.8) is 0 Å².